The quantitative estimate of drug-likeness (QED) is 0.919. The van der Waals surface area contributed by atoms with Crippen molar-refractivity contribution >= 4 is 5.91 Å². The van der Waals surface area contributed by atoms with Gasteiger partial charge in [0.05, 0.1) is 6.04 Å². The normalized spacial score (nSPS) is 27.5. The van der Waals surface area contributed by atoms with Gasteiger partial charge in [-0.3, -0.25) is 4.79 Å². The van der Waals surface area contributed by atoms with Gasteiger partial charge in [0, 0.05) is 19.0 Å². The van der Waals surface area contributed by atoms with Gasteiger partial charge in [-0.05, 0) is 49.7 Å². The first-order chi connectivity index (χ1) is 9.72. The Morgan fingerprint density at radius 2 is 1.90 bits per heavy atom. The Labute approximate surface area is 121 Å². The predicted octanol–water partition coefficient (Wildman–Crippen LogP) is 2.96. The van der Waals surface area contributed by atoms with Crippen LogP contribution in [0.3, 0.4) is 0 Å². The second kappa shape index (κ2) is 5.57. The van der Waals surface area contributed by atoms with Gasteiger partial charge in [0.2, 0.25) is 5.91 Å². The molecule has 1 saturated carbocycles. The number of nitrogens with two attached hydrogens (primary N) is 1. The highest BCUT2D eigenvalue weighted by atomic mass is 16.2. The molecule has 0 spiro atoms. The Morgan fingerprint density at radius 1 is 1.20 bits per heavy atom. The van der Waals surface area contributed by atoms with E-state index in [-0.39, 0.29) is 18.0 Å². The fraction of sp³-hybridized carbons (Fsp3) is 0.588. The maximum atomic E-state index is 12.3. The Kier molecular flexibility index (Phi) is 3.79. The fourth-order valence-corrected chi connectivity index (χ4v) is 3.49. The van der Waals surface area contributed by atoms with E-state index in [0.29, 0.717) is 12.3 Å². The summed E-state index contributed by atoms with van der Waals surface area (Å²) in [6, 6.07) is 8.71. The van der Waals surface area contributed by atoms with Gasteiger partial charge in [-0.1, -0.05) is 24.3 Å². The van der Waals surface area contributed by atoms with Crippen LogP contribution in [0.4, 0.5) is 0 Å². The molecule has 1 aromatic carbocycles. The molecule has 3 nitrogen and oxygen atoms in total. The van der Waals surface area contributed by atoms with E-state index in [1.54, 1.807) is 0 Å². The molecule has 108 valence electrons. The van der Waals surface area contributed by atoms with Crippen LogP contribution >= 0.6 is 0 Å². The largest absolute Gasteiger partial charge is 0.334 e. The van der Waals surface area contributed by atoms with Crippen LogP contribution in [0.5, 0.6) is 0 Å². The number of likely N-dealkylation sites (N-methyl/N-ethyl adjacent to an activating group) is 1. The summed E-state index contributed by atoms with van der Waals surface area (Å²) in [6.07, 6.45) is 5.05. The summed E-state index contributed by atoms with van der Waals surface area (Å²) < 4.78 is 0. The van der Waals surface area contributed by atoms with Crippen molar-refractivity contribution in [1.82, 2.24) is 4.90 Å². The Morgan fingerprint density at radius 3 is 2.55 bits per heavy atom. The first kappa shape index (κ1) is 13.6. The Hall–Kier alpha value is -1.35. The van der Waals surface area contributed by atoms with E-state index in [9.17, 15) is 4.79 Å². The number of nitrogens with zero attached hydrogens (tertiary/aromatic N) is 1. The number of carbonyl (C=O) groups is 1. The minimum atomic E-state index is 0.0568. The van der Waals surface area contributed by atoms with Crippen molar-refractivity contribution in [1.29, 1.82) is 0 Å². The number of likely N-dealkylation sites (tertiary alicyclic amines) is 1. The van der Waals surface area contributed by atoms with Gasteiger partial charge < -0.3 is 10.6 Å². The van der Waals surface area contributed by atoms with E-state index >= 15 is 0 Å². The SMILES string of the molecule is CCN1C(=O)CCCC(N)C1c1ccccc1C1CC1. The number of rotatable bonds is 3. The molecule has 3 heteroatoms. The van der Waals surface area contributed by atoms with Crippen molar-refractivity contribution in [3.63, 3.8) is 0 Å². The maximum Gasteiger partial charge on any atom is 0.223 e. The second-order valence-electron chi connectivity index (χ2n) is 6.08. The summed E-state index contributed by atoms with van der Waals surface area (Å²) in [4.78, 5) is 14.3. The molecule has 1 aliphatic carbocycles. The van der Waals surface area contributed by atoms with Crippen LogP contribution in [0.15, 0.2) is 24.3 Å². The number of benzene rings is 1. The van der Waals surface area contributed by atoms with E-state index in [0.717, 1.165) is 19.4 Å². The van der Waals surface area contributed by atoms with Crippen LogP contribution < -0.4 is 5.73 Å². The van der Waals surface area contributed by atoms with Crippen LogP contribution in [0.2, 0.25) is 0 Å². The average molecular weight is 272 g/mol. The molecule has 0 radical (unpaired) electrons. The Balaban J connectivity index is 2.01. The van der Waals surface area contributed by atoms with Crippen molar-refractivity contribution in [2.45, 2.75) is 57.0 Å². The molecule has 0 bridgehead atoms. The first-order valence-electron chi connectivity index (χ1n) is 7.86. The van der Waals surface area contributed by atoms with Crippen LogP contribution in [-0.4, -0.2) is 23.4 Å². The molecule has 1 aliphatic heterocycles. The lowest BCUT2D eigenvalue weighted by molar-refractivity contribution is -0.133. The van der Waals surface area contributed by atoms with E-state index in [1.807, 2.05) is 4.90 Å². The van der Waals surface area contributed by atoms with Gasteiger partial charge in [-0.25, -0.2) is 0 Å². The molecule has 1 heterocycles. The van der Waals surface area contributed by atoms with Gasteiger partial charge in [-0.2, -0.15) is 0 Å². The van der Waals surface area contributed by atoms with E-state index in [1.165, 1.54) is 24.0 Å². The third-order valence-corrected chi connectivity index (χ3v) is 4.66. The zero-order chi connectivity index (χ0) is 14.1. The number of carbonyl (C=O) groups excluding carboxylic acids is 1. The third-order valence-electron chi connectivity index (χ3n) is 4.66. The zero-order valence-corrected chi connectivity index (χ0v) is 12.2. The molecule has 2 atom stereocenters. The van der Waals surface area contributed by atoms with Crippen LogP contribution in [0, 0.1) is 0 Å². The average Bonchev–Trinajstić information content (AvgIpc) is 3.28. The lowest BCUT2D eigenvalue weighted by atomic mass is 9.90. The van der Waals surface area contributed by atoms with Gasteiger partial charge in [0.25, 0.3) is 0 Å². The molecule has 0 aromatic heterocycles. The summed E-state index contributed by atoms with van der Waals surface area (Å²) in [5.41, 5.74) is 9.14. The molecule has 20 heavy (non-hydrogen) atoms. The molecule has 2 unspecified atom stereocenters. The van der Waals surface area contributed by atoms with Gasteiger partial charge in [0.1, 0.15) is 0 Å². The number of hydrogen-bond donors (Lipinski definition) is 1. The molecule has 1 amide bonds. The monoisotopic (exact) mass is 272 g/mol. The van der Waals surface area contributed by atoms with Crippen molar-refractivity contribution in [3.05, 3.63) is 35.4 Å². The summed E-state index contributed by atoms with van der Waals surface area (Å²) in [5.74, 6) is 0.950. The summed E-state index contributed by atoms with van der Waals surface area (Å²) in [5, 5.41) is 0. The molecular weight excluding hydrogens is 248 g/mol. The van der Waals surface area contributed by atoms with Crippen molar-refractivity contribution < 1.29 is 4.79 Å². The van der Waals surface area contributed by atoms with Gasteiger partial charge in [-0.15, -0.1) is 0 Å². The molecule has 2 fully saturated rings. The molecule has 2 aliphatic rings. The highest BCUT2D eigenvalue weighted by Gasteiger charge is 2.35. The lowest BCUT2D eigenvalue weighted by Gasteiger charge is -2.34. The van der Waals surface area contributed by atoms with Gasteiger partial charge in [0.15, 0.2) is 0 Å². The van der Waals surface area contributed by atoms with Crippen LogP contribution in [-0.2, 0) is 4.79 Å². The second-order valence-corrected chi connectivity index (χ2v) is 6.08. The van der Waals surface area contributed by atoms with Gasteiger partial charge >= 0.3 is 0 Å². The molecule has 2 N–H and O–H groups in total. The minimum Gasteiger partial charge on any atom is -0.334 e. The number of hydrogen-bond acceptors (Lipinski definition) is 2. The fourth-order valence-electron chi connectivity index (χ4n) is 3.49. The highest BCUT2D eigenvalue weighted by molar-refractivity contribution is 5.77. The molecule has 1 aromatic rings. The van der Waals surface area contributed by atoms with E-state index in [2.05, 4.69) is 31.2 Å². The van der Waals surface area contributed by atoms with E-state index in [4.69, 9.17) is 5.73 Å². The third kappa shape index (κ3) is 2.47. The topological polar surface area (TPSA) is 46.3 Å². The van der Waals surface area contributed by atoms with Crippen molar-refractivity contribution in [2.75, 3.05) is 6.54 Å². The predicted molar refractivity (Wildman–Crippen MR) is 80.4 cm³/mol. The molecule has 1 saturated heterocycles. The summed E-state index contributed by atoms with van der Waals surface area (Å²) in [7, 11) is 0. The smallest absolute Gasteiger partial charge is 0.223 e. The number of amides is 1. The lowest BCUT2D eigenvalue weighted by Crippen LogP contribution is -2.42. The van der Waals surface area contributed by atoms with E-state index < -0.39 is 0 Å². The minimum absolute atomic E-state index is 0.0568. The van der Waals surface area contributed by atoms with Crippen LogP contribution in [0.25, 0.3) is 0 Å². The van der Waals surface area contributed by atoms with Crippen molar-refractivity contribution in [2.24, 2.45) is 5.73 Å². The molecular formula is C17H24N2O. The standard InChI is InChI=1S/C17H24N2O/c1-2-19-16(20)9-5-8-15(18)17(19)14-7-4-3-6-13(14)12-10-11-12/h3-4,6-7,12,15,17H,2,5,8-11,18H2,1H3. The highest BCUT2D eigenvalue weighted by Crippen LogP contribution is 2.44. The Bertz CT molecular complexity index is 496. The van der Waals surface area contributed by atoms with Crippen molar-refractivity contribution in [3.8, 4) is 0 Å². The molecule has 3 rings (SSSR count). The first-order valence-corrected chi connectivity index (χ1v) is 7.86. The zero-order valence-electron chi connectivity index (χ0n) is 12.2. The summed E-state index contributed by atoms with van der Waals surface area (Å²) in [6.45, 7) is 2.80. The summed E-state index contributed by atoms with van der Waals surface area (Å²) >= 11 is 0. The van der Waals surface area contributed by atoms with Crippen LogP contribution in [0.1, 0.15) is 62.1 Å². The maximum absolute atomic E-state index is 12.3.